The number of H-pyrrole nitrogens is 2. The van der Waals surface area contributed by atoms with Gasteiger partial charge in [0.25, 0.3) is 5.56 Å². The van der Waals surface area contributed by atoms with Crippen molar-refractivity contribution in [1.29, 1.82) is 0 Å². The standard InChI is InChI=1S/C19H16FN5O3/c1-3-28-19(27)23-18-21-14-7-6-11(9(2)15(14)22-18)16-13-8-10(20)4-5-12(13)17(26)25-24-16/h4-8H,3H2,1-2H3,(H,25,26)(H2,21,22,23,27). The van der Waals surface area contributed by atoms with Gasteiger partial charge in [-0.15, -0.1) is 0 Å². The molecule has 9 heteroatoms. The molecule has 3 N–H and O–H groups in total. The van der Waals surface area contributed by atoms with E-state index in [2.05, 4.69) is 25.5 Å². The molecule has 0 saturated carbocycles. The number of hydrogen-bond donors (Lipinski definition) is 3. The molecule has 2 aromatic carbocycles. The van der Waals surface area contributed by atoms with Crippen molar-refractivity contribution in [2.24, 2.45) is 0 Å². The maximum absolute atomic E-state index is 13.8. The molecule has 0 aliphatic heterocycles. The minimum Gasteiger partial charge on any atom is -0.450 e. The summed E-state index contributed by atoms with van der Waals surface area (Å²) in [5.41, 5.74) is 2.81. The lowest BCUT2D eigenvalue weighted by molar-refractivity contribution is 0.167. The Morgan fingerprint density at radius 1 is 1.25 bits per heavy atom. The highest BCUT2D eigenvalue weighted by Crippen LogP contribution is 2.31. The van der Waals surface area contributed by atoms with Crippen molar-refractivity contribution in [3.8, 4) is 11.3 Å². The number of benzene rings is 2. The molecule has 1 amide bonds. The number of hydrogen-bond acceptors (Lipinski definition) is 5. The number of rotatable bonds is 3. The van der Waals surface area contributed by atoms with Gasteiger partial charge in [-0.2, -0.15) is 5.10 Å². The highest BCUT2D eigenvalue weighted by atomic mass is 19.1. The largest absolute Gasteiger partial charge is 0.450 e. The first-order valence-corrected chi connectivity index (χ1v) is 8.59. The van der Waals surface area contributed by atoms with Gasteiger partial charge in [0.2, 0.25) is 5.95 Å². The summed E-state index contributed by atoms with van der Waals surface area (Å²) in [6.45, 7) is 3.79. The van der Waals surface area contributed by atoms with Crippen LogP contribution in [0, 0.1) is 12.7 Å². The molecule has 4 rings (SSSR count). The fourth-order valence-corrected chi connectivity index (χ4v) is 3.13. The Balaban J connectivity index is 1.86. The molecule has 0 spiro atoms. The predicted molar refractivity (Wildman–Crippen MR) is 103 cm³/mol. The van der Waals surface area contributed by atoms with Crippen LogP contribution in [0.15, 0.2) is 35.1 Å². The van der Waals surface area contributed by atoms with E-state index in [-0.39, 0.29) is 12.6 Å². The molecular formula is C19H16FN5O3. The molecule has 2 aromatic heterocycles. The van der Waals surface area contributed by atoms with Crippen molar-refractivity contribution in [2.45, 2.75) is 13.8 Å². The van der Waals surface area contributed by atoms with Crippen molar-refractivity contribution in [1.82, 2.24) is 20.2 Å². The van der Waals surface area contributed by atoms with Crippen LogP contribution < -0.4 is 10.9 Å². The van der Waals surface area contributed by atoms with E-state index in [0.29, 0.717) is 33.1 Å². The highest BCUT2D eigenvalue weighted by molar-refractivity contribution is 5.98. The molecule has 0 atom stereocenters. The lowest BCUT2D eigenvalue weighted by atomic mass is 10.00. The van der Waals surface area contributed by atoms with E-state index in [4.69, 9.17) is 4.74 Å². The summed E-state index contributed by atoms with van der Waals surface area (Å²) in [7, 11) is 0. The second kappa shape index (κ2) is 6.76. The topological polar surface area (TPSA) is 113 Å². The van der Waals surface area contributed by atoms with E-state index in [1.54, 1.807) is 19.1 Å². The monoisotopic (exact) mass is 381 g/mol. The van der Waals surface area contributed by atoms with Gasteiger partial charge in [-0.05, 0) is 43.7 Å². The molecule has 142 valence electrons. The predicted octanol–water partition coefficient (Wildman–Crippen LogP) is 3.48. The average Bonchev–Trinajstić information content (AvgIpc) is 3.06. The van der Waals surface area contributed by atoms with Gasteiger partial charge in [0, 0.05) is 10.9 Å². The quantitative estimate of drug-likeness (QED) is 0.503. The normalized spacial score (nSPS) is 11.1. The number of carbonyl (C=O) groups excluding carboxylic acids is 1. The van der Waals surface area contributed by atoms with Gasteiger partial charge in [-0.25, -0.2) is 19.3 Å². The molecule has 0 radical (unpaired) electrons. The minimum absolute atomic E-state index is 0.247. The number of aromatic amines is 2. The number of nitrogens with zero attached hydrogens (tertiary/aromatic N) is 2. The van der Waals surface area contributed by atoms with E-state index in [1.165, 1.54) is 18.2 Å². The Kier molecular flexibility index (Phi) is 4.26. The fraction of sp³-hybridized carbons (Fsp3) is 0.158. The first-order valence-electron chi connectivity index (χ1n) is 8.59. The molecule has 8 nitrogen and oxygen atoms in total. The number of aromatic nitrogens is 4. The number of ether oxygens (including phenoxy) is 1. The van der Waals surface area contributed by atoms with E-state index in [0.717, 1.165) is 5.56 Å². The number of amides is 1. The second-order valence-electron chi connectivity index (χ2n) is 6.16. The molecule has 0 unspecified atom stereocenters. The summed E-state index contributed by atoms with van der Waals surface area (Å²) in [6, 6.07) is 7.53. The van der Waals surface area contributed by atoms with Gasteiger partial charge < -0.3 is 9.72 Å². The molecular weight excluding hydrogens is 365 g/mol. The van der Waals surface area contributed by atoms with Gasteiger partial charge in [-0.3, -0.25) is 10.1 Å². The third-order valence-electron chi connectivity index (χ3n) is 4.41. The van der Waals surface area contributed by atoms with Crippen LogP contribution in [0.2, 0.25) is 0 Å². The average molecular weight is 381 g/mol. The highest BCUT2D eigenvalue weighted by Gasteiger charge is 2.16. The van der Waals surface area contributed by atoms with Crippen LogP contribution in [-0.4, -0.2) is 32.9 Å². The zero-order chi connectivity index (χ0) is 19.8. The number of fused-ring (bicyclic) bond motifs is 2. The molecule has 0 aliphatic carbocycles. The zero-order valence-corrected chi connectivity index (χ0v) is 15.1. The SMILES string of the molecule is CCOC(=O)Nc1nc2c(C)c(-c3n[nH]c(=O)c4ccc(F)cc34)ccc2[nH]1. The smallest absolute Gasteiger partial charge is 0.413 e. The van der Waals surface area contributed by atoms with Crippen molar-refractivity contribution in [3.63, 3.8) is 0 Å². The van der Waals surface area contributed by atoms with Crippen LogP contribution in [0.1, 0.15) is 12.5 Å². The molecule has 28 heavy (non-hydrogen) atoms. The minimum atomic E-state index is -0.608. The Hall–Kier alpha value is -3.75. The van der Waals surface area contributed by atoms with E-state index < -0.39 is 17.5 Å². The van der Waals surface area contributed by atoms with Crippen molar-refractivity contribution >= 4 is 33.8 Å². The Morgan fingerprint density at radius 3 is 2.86 bits per heavy atom. The molecule has 0 bridgehead atoms. The zero-order valence-electron chi connectivity index (χ0n) is 15.1. The summed E-state index contributed by atoms with van der Waals surface area (Å²) in [6.07, 6.45) is -0.608. The number of carbonyl (C=O) groups is 1. The second-order valence-corrected chi connectivity index (χ2v) is 6.16. The number of aryl methyl sites for hydroxylation is 1. The van der Waals surface area contributed by atoms with Crippen LogP contribution in [0.25, 0.3) is 33.1 Å². The van der Waals surface area contributed by atoms with E-state index in [9.17, 15) is 14.0 Å². The van der Waals surface area contributed by atoms with Gasteiger partial charge in [0.1, 0.15) is 5.82 Å². The van der Waals surface area contributed by atoms with Crippen molar-refractivity contribution in [3.05, 3.63) is 52.1 Å². The molecule has 0 fully saturated rings. The number of nitrogens with one attached hydrogen (secondary N) is 3. The first kappa shape index (κ1) is 17.7. The summed E-state index contributed by atoms with van der Waals surface area (Å²) >= 11 is 0. The van der Waals surface area contributed by atoms with E-state index in [1.807, 2.05) is 6.92 Å². The van der Waals surface area contributed by atoms with Crippen LogP contribution in [0.4, 0.5) is 15.1 Å². The van der Waals surface area contributed by atoms with Crippen LogP contribution in [0.3, 0.4) is 0 Å². The van der Waals surface area contributed by atoms with E-state index >= 15 is 0 Å². The molecule has 0 aliphatic rings. The van der Waals surface area contributed by atoms with Crippen LogP contribution >= 0.6 is 0 Å². The number of imidazole rings is 1. The Labute approximate surface area is 157 Å². The number of anilines is 1. The molecule has 2 heterocycles. The lowest BCUT2D eigenvalue weighted by Crippen LogP contribution is -2.14. The Morgan fingerprint density at radius 2 is 2.07 bits per heavy atom. The summed E-state index contributed by atoms with van der Waals surface area (Å²) in [5.74, 6) is -0.209. The molecule has 4 aromatic rings. The third-order valence-corrected chi connectivity index (χ3v) is 4.41. The summed E-state index contributed by atoms with van der Waals surface area (Å²) < 4.78 is 18.6. The number of halogens is 1. The van der Waals surface area contributed by atoms with Crippen LogP contribution in [0.5, 0.6) is 0 Å². The van der Waals surface area contributed by atoms with Gasteiger partial charge in [-0.1, -0.05) is 6.07 Å². The summed E-state index contributed by atoms with van der Waals surface area (Å²) in [5, 5.41) is 9.86. The van der Waals surface area contributed by atoms with Gasteiger partial charge in [0.15, 0.2) is 0 Å². The van der Waals surface area contributed by atoms with Gasteiger partial charge >= 0.3 is 6.09 Å². The maximum Gasteiger partial charge on any atom is 0.413 e. The maximum atomic E-state index is 13.8. The van der Waals surface area contributed by atoms with Crippen molar-refractivity contribution < 1.29 is 13.9 Å². The third kappa shape index (κ3) is 2.96. The Bertz CT molecular complexity index is 1280. The first-order chi connectivity index (χ1) is 13.5. The van der Waals surface area contributed by atoms with Crippen LogP contribution in [-0.2, 0) is 4.74 Å². The molecule has 0 saturated heterocycles. The summed E-state index contributed by atoms with van der Waals surface area (Å²) in [4.78, 5) is 31.0. The van der Waals surface area contributed by atoms with Gasteiger partial charge in [0.05, 0.1) is 28.7 Å². The fourth-order valence-electron chi connectivity index (χ4n) is 3.13. The van der Waals surface area contributed by atoms with Crippen molar-refractivity contribution in [2.75, 3.05) is 11.9 Å². The lowest BCUT2D eigenvalue weighted by Gasteiger charge is -2.08.